The lowest BCUT2D eigenvalue weighted by molar-refractivity contribution is -0.137. The number of piperidine rings is 1. The third kappa shape index (κ3) is 3.78. The Kier molecular flexibility index (Phi) is 5.15. The van der Waals surface area contributed by atoms with Gasteiger partial charge in [0, 0.05) is 50.1 Å². The molecule has 1 saturated carbocycles. The van der Waals surface area contributed by atoms with Crippen LogP contribution >= 0.6 is 0 Å². The second-order valence-corrected chi connectivity index (χ2v) is 9.06. The summed E-state index contributed by atoms with van der Waals surface area (Å²) >= 11 is 0. The zero-order valence-electron chi connectivity index (χ0n) is 17.5. The number of carbonyl (C=O) groups is 1. The molecule has 0 unspecified atom stereocenters. The van der Waals surface area contributed by atoms with Crippen molar-refractivity contribution in [3.63, 3.8) is 0 Å². The van der Waals surface area contributed by atoms with Crippen LogP contribution in [0.1, 0.15) is 61.3 Å². The summed E-state index contributed by atoms with van der Waals surface area (Å²) in [5, 5.41) is 0. The van der Waals surface area contributed by atoms with Crippen molar-refractivity contribution in [2.45, 2.75) is 58.2 Å². The summed E-state index contributed by atoms with van der Waals surface area (Å²) in [5.74, 6) is 1.56. The summed E-state index contributed by atoms with van der Waals surface area (Å²) in [7, 11) is 0. The van der Waals surface area contributed by atoms with E-state index in [0.29, 0.717) is 24.7 Å². The standard InChI is InChI=1S/C23H29N5O2/c1-15-12-18(15)23(30)28-10-3-2-4-20(28)21-25-19-14-27(11-7-17(19)22(29)26-21)13-16-5-8-24-9-6-16/h5-6,8-9,15,18,20H,2-4,7,10-14H2,1H3,(H,25,26,29)/t15-,18+,20+/m0/s1. The Hall–Kier alpha value is -2.54. The van der Waals surface area contributed by atoms with E-state index in [-0.39, 0.29) is 23.4 Å². The maximum atomic E-state index is 13.0. The molecule has 1 N–H and O–H groups in total. The molecular formula is C23H29N5O2. The fraction of sp³-hybridized carbons (Fsp3) is 0.565. The third-order valence-electron chi connectivity index (χ3n) is 6.85. The van der Waals surface area contributed by atoms with E-state index in [0.717, 1.165) is 56.6 Å². The summed E-state index contributed by atoms with van der Waals surface area (Å²) in [6, 6.07) is 3.94. The number of carbonyl (C=O) groups excluding carboxylic acids is 1. The molecule has 2 aromatic rings. The van der Waals surface area contributed by atoms with E-state index < -0.39 is 0 Å². The smallest absolute Gasteiger partial charge is 0.254 e. The minimum Gasteiger partial charge on any atom is -0.332 e. The molecule has 4 heterocycles. The number of hydrogen-bond donors (Lipinski definition) is 1. The van der Waals surface area contributed by atoms with Crippen LogP contribution in [-0.2, 0) is 24.3 Å². The highest BCUT2D eigenvalue weighted by atomic mass is 16.2. The second kappa shape index (κ2) is 7.95. The number of H-pyrrole nitrogens is 1. The monoisotopic (exact) mass is 407 g/mol. The lowest BCUT2D eigenvalue weighted by Crippen LogP contribution is -2.42. The van der Waals surface area contributed by atoms with Crippen molar-refractivity contribution in [2.24, 2.45) is 11.8 Å². The maximum Gasteiger partial charge on any atom is 0.254 e. The van der Waals surface area contributed by atoms with Gasteiger partial charge in [0.05, 0.1) is 11.7 Å². The number of amides is 1. The Morgan fingerprint density at radius 1 is 1.23 bits per heavy atom. The van der Waals surface area contributed by atoms with Gasteiger partial charge < -0.3 is 9.88 Å². The van der Waals surface area contributed by atoms with Crippen LogP contribution < -0.4 is 5.56 Å². The molecule has 2 fully saturated rings. The minimum atomic E-state index is -0.104. The summed E-state index contributed by atoms with van der Waals surface area (Å²) < 4.78 is 0. The van der Waals surface area contributed by atoms with Gasteiger partial charge in [-0.3, -0.25) is 19.5 Å². The average Bonchev–Trinajstić information content (AvgIpc) is 3.50. The van der Waals surface area contributed by atoms with Crippen molar-refractivity contribution >= 4 is 5.91 Å². The summed E-state index contributed by atoms with van der Waals surface area (Å²) in [4.78, 5) is 42.2. The Morgan fingerprint density at radius 3 is 2.80 bits per heavy atom. The van der Waals surface area contributed by atoms with Crippen molar-refractivity contribution in [1.82, 2.24) is 24.8 Å². The largest absolute Gasteiger partial charge is 0.332 e. The van der Waals surface area contributed by atoms with Gasteiger partial charge in [0.25, 0.3) is 5.56 Å². The first-order valence-corrected chi connectivity index (χ1v) is 11.1. The van der Waals surface area contributed by atoms with E-state index in [1.807, 2.05) is 29.4 Å². The highest BCUT2D eigenvalue weighted by Gasteiger charge is 2.44. The zero-order valence-corrected chi connectivity index (χ0v) is 17.5. The van der Waals surface area contributed by atoms with E-state index in [2.05, 4.69) is 21.8 Å². The van der Waals surface area contributed by atoms with Crippen LogP contribution in [0.4, 0.5) is 0 Å². The number of nitrogens with one attached hydrogen (secondary N) is 1. The van der Waals surface area contributed by atoms with Gasteiger partial charge in [-0.1, -0.05) is 6.92 Å². The van der Waals surface area contributed by atoms with Gasteiger partial charge in [0.1, 0.15) is 5.82 Å². The highest BCUT2D eigenvalue weighted by Crippen LogP contribution is 2.42. The first-order chi connectivity index (χ1) is 14.6. The van der Waals surface area contributed by atoms with Crippen LogP contribution in [-0.4, -0.2) is 43.7 Å². The van der Waals surface area contributed by atoms with Crippen LogP contribution in [0.5, 0.6) is 0 Å². The van der Waals surface area contributed by atoms with Crippen LogP contribution in [0, 0.1) is 11.8 Å². The fourth-order valence-corrected chi connectivity index (χ4v) is 4.91. The van der Waals surface area contributed by atoms with E-state index in [1.54, 1.807) is 0 Å². The minimum absolute atomic E-state index is 0.0312. The van der Waals surface area contributed by atoms with Crippen LogP contribution in [0.2, 0.25) is 0 Å². The molecule has 1 amide bonds. The number of rotatable bonds is 4. The Morgan fingerprint density at radius 2 is 2.03 bits per heavy atom. The molecule has 1 aliphatic carbocycles. The van der Waals surface area contributed by atoms with Gasteiger partial charge >= 0.3 is 0 Å². The molecule has 3 atom stereocenters. The van der Waals surface area contributed by atoms with Gasteiger partial charge in [0.2, 0.25) is 5.91 Å². The number of pyridine rings is 1. The predicted molar refractivity (Wildman–Crippen MR) is 112 cm³/mol. The van der Waals surface area contributed by atoms with Crippen molar-refractivity contribution in [3.05, 3.63) is 57.5 Å². The van der Waals surface area contributed by atoms with Gasteiger partial charge in [-0.05, 0) is 55.7 Å². The number of nitrogens with zero attached hydrogens (tertiary/aromatic N) is 4. The summed E-state index contributed by atoms with van der Waals surface area (Å²) in [5.41, 5.74) is 2.85. The van der Waals surface area contributed by atoms with Crippen LogP contribution in [0.15, 0.2) is 29.3 Å². The van der Waals surface area contributed by atoms with Crippen LogP contribution in [0.3, 0.4) is 0 Å². The van der Waals surface area contributed by atoms with E-state index in [9.17, 15) is 9.59 Å². The SMILES string of the molecule is C[C@H]1C[C@H]1C(=O)N1CCCC[C@@H]1c1nc2c(c(=O)[nH]1)CCN(Cc1ccncc1)C2. The van der Waals surface area contributed by atoms with Crippen molar-refractivity contribution in [2.75, 3.05) is 13.1 Å². The number of likely N-dealkylation sites (tertiary alicyclic amines) is 1. The lowest BCUT2D eigenvalue weighted by atomic mass is 9.99. The number of aromatic nitrogens is 3. The van der Waals surface area contributed by atoms with Crippen molar-refractivity contribution < 1.29 is 4.79 Å². The fourth-order valence-electron chi connectivity index (χ4n) is 4.91. The molecule has 7 nitrogen and oxygen atoms in total. The molecule has 3 aliphatic rings. The van der Waals surface area contributed by atoms with Crippen LogP contribution in [0.25, 0.3) is 0 Å². The molecule has 158 valence electrons. The second-order valence-electron chi connectivity index (χ2n) is 9.06. The first kappa shape index (κ1) is 19.4. The number of hydrogen-bond acceptors (Lipinski definition) is 5. The quantitative estimate of drug-likeness (QED) is 0.842. The highest BCUT2D eigenvalue weighted by molar-refractivity contribution is 5.82. The Labute approximate surface area is 176 Å². The molecule has 0 spiro atoms. The molecule has 0 radical (unpaired) electrons. The predicted octanol–water partition coefficient (Wildman–Crippen LogP) is 2.43. The van der Waals surface area contributed by atoms with Gasteiger partial charge in [-0.15, -0.1) is 0 Å². The maximum absolute atomic E-state index is 13.0. The first-order valence-electron chi connectivity index (χ1n) is 11.1. The molecule has 2 aromatic heterocycles. The molecule has 5 rings (SSSR count). The Bertz CT molecular complexity index is 989. The lowest BCUT2D eigenvalue weighted by Gasteiger charge is -2.36. The number of fused-ring (bicyclic) bond motifs is 1. The molecule has 2 aliphatic heterocycles. The average molecular weight is 408 g/mol. The molecule has 7 heteroatoms. The third-order valence-corrected chi connectivity index (χ3v) is 6.85. The van der Waals surface area contributed by atoms with E-state index in [4.69, 9.17) is 4.98 Å². The number of aromatic amines is 1. The topological polar surface area (TPSA) is 82.2 Å². The molecule has 0 bridgehead atoms. The van der Waals surface area contributed by atoms with Gasteiger partial charge in [-0.2, -0.15) is 0 Å². The van der Waals surface area contributed by atoms with Gasteiger partial charge in [0.15, 0.2) is 0 Å². The van der Waals surface area contributed by atoms with E-state index in [1.165, 1.54) is 5.56 Å². The Balaban J connectivity index is 1.39. The summed E-state index contributed by atoms with van der Waals surface area (Å²) in [6.07, 6.45) is 8.26. The molecule has 1 saturated heterocycles. The molecule has 0 aromatic carbocycles. The van der Waals surface area contributed by atoms with Gasteiger partial charge in [-0.25, -0.2) is 4.98 Å². The van der Waals surface area contributed by atoms with Crippen molar-refractivity contribution in [1.29, 1.82) is 0 Å². The van der Waals surface area contributed by atoms with Crippen molar-refractivity contribution in [3.8, 4) is 0 Å². The zero-order chi connectivity index (χ0) is 20.7. The van der Waals surface area contributed by atoms with E-state index >= 15 is 0 Å². The molecule has 30 heavy (non-hydrogen) atoms. The molecular weight excluding hydrogens is 378 g/mol. The normalized spacial score (nSPS) is 26.3. The summed E-state index contributed by atoms with van der Waals surface area (Å²) in [6.45, 7) is 5.22.